The summed E-state index contributed by atoms with van der Waals surface area (Å²) in [4.78, 5) is 35.1. The van der Waals surface area contributed by atoms with Gasteiger partial charge in [-0.2, -0.15) is 0 Å². The van der Waals surface area contributed by atoms with Crippen LogP contribution >= 0.6 is 0 Å². The van der Waals surface area contributed by atoms with E-state index in [4.69, 9.17) is 4.98 Å². The monoisotopic (exact) mass is 536 g/mol. The summed E-state index contributed by atoms with van der Waals surface area (Å²) in [7, 11) is 0. The lowest BCUT2D eigenvalue weighted by molar-refractivity contribution is -0.141. The zero-order valence-electron chi connectivity index (χ0n) is 23.1. The maximum absolute atomic E-state index is 14.1. The van der Waals surface area contributed by atoms with Crippen molar-refractivity contribution in [3.8, 4) is 11.3 Å². The summed E-state index contributed by atoms with van der Waals surface area (Å²) < 4.78 is 0. The first kappa shape index (κ1) is 27.5. The zero-order chi connectivity index (χ0) is 28.1. The highest BCUT2D eigenvalue weighted by Gasteiger charge is 2.27. The van der Waals surface area contributed by atoms with Crippen molar-refractivity contribution in [3.05, 3.63) is 102 Å². The number of pyridine rings is 1. The van der Waals surface area contributed by atoms with Crippen LogP contribution < -0.4 is 5.32 Å². The van der Waals surface area contributed by atoms with Gasteiger partial charge in [0.15, 0.2) is 0 Å². The molecule has 0 spiro atoms. The number of rotatable bonds is 9. The normalized spacial score (nSPS) is 15.9. The maximum Gasteiger partial charge on any atom is 0.307 e. The van der Waals surface area contributed by atoms with Crippen LogP contribution in [0.15, 0.2) is 84.9 Å². The predicted molar refractivity (Wildman–Crippen MR) is 158 cm³/mol. The number of carbonyl (C=O) groups excluding carboxylic acids is 1. The average molecular weight is 537 g/mol. The summed E-state index contributed by atoms with van der Waals surface area (Å²) in [5.41, 5.74) is 5.20. The lowest BCUT2D eigenvalue weighted by atomic mass is 9.95. The topological polar surface area (TPSA) is 85.8 Å². The van der Waals surface area contributed by atoms with Crippen molar-refractivity contribution in [2.24, 2.45) is 5.92 Å². The summed E-state index contributed by atoms with van der Waals surface area (Å²) in [6, 6.07) is 27.7. The molecule has 0 saturated carbocycles. The van der Waals surface area contributed by atoms with Gasteiger partial charge in [0.25, 0.3) is 5.91 Å². The lowest BCUT2D eigenvalue weighted by Gasteiger charge is -2.36. The van der Waals surface area contributed by atoms with E-state index in [1.807, 2.05) is 91.9 Å². The van der Waals surface area contributed by atoms with Crippen molar-refractivity contribution in [3.63, 3.8) is 0 Å². The Bertz CT molecular complexity index is 1470. The van der Waals surface area contributed by atoms with Crippen LogP contribution in [-0.2, 0) is 11.3 Å². The standard InChI is InChI=1S/C33H36N4O3/c1-23(33(39)40)21-36-17-19-37(20-18-36)22-28-30(32(38)34-24(2)25-11-5-3-6-12-25)27-15-9-10-16-29(27)35-31(28)26-13-7-4-8-14-26/h3-16,23-24H,17-22H2,1-2H3,(H,34,38)(H,39,40)/t23?,24-/m0/s1. The smallest absolute Gasteiger partial charge is 0.307 e. The molecule has 2 atom stereocenters. The maximum atomic E-state index is 14.1. The molecule has 1 unspecified atom stereocenters. The van der Waals surface area contributed by atoms with Crippen LogP contribution in [0.25, 0.3) is 22.2 Å². The number of hydrogen-bond acceptors (Lipinski definition) is 5. The second-order valence-corrected chi connectivity index (χ2v) is 10.6. The number of fused-ring (bicyclic) bond motifs is 1. The van der Waals surface area contributed by atoms with Crippen LogP contribution in [0.5, 0.6) is 0 Å². The largest absolute Gasteiger partial charge is 0.481 e. The Hall–Kier alpha value is -4.07. The van der Waals surface area contributed by atoms with Crippen LogP contribution in [0.4, 0.5) is 0 Å². The summed E-state index contributed by atoms with van der Waals surface area (Å²) in [6.45, 7) is 8.02. The molecule has 1 fully saturated rings. The Kier molecular flexibility index (Phi) is 8.53. The fourth-order valence-electron chi connectivity index (χ4n) is 5.41. The first-order valence-corrected chi connectivity index (χ1v) is 13.9. The number of carboxylic acids is 1. The van der Waals surface area contributed by atoms with Gasteiger partial charge in [-0.15, -0.1) is 0 Å². The van der Waals surface area contributed by atoms with Crippen molar-refractivity contribution in [1.82, 2.24) is 20.1 Å². The summed E-state index contributed by atoms with van der Waals surface area (Å²) in [5.74, 6) is -1.28. The lowest BCUT2D eigenvalue weighted by Crippen LogP contribution is -2.48. The Labute approximate surface area is 235 Å². The highest BCUT2D eigenvalue weighted by molar-refractivity contribution is 6.09. The highest BCUT2D eigenvalue weighted by Crippen LogP contribution is 2.32. The van der Waals surface area contributed by atoms with Gasteiger partial charge < -0.3 is 10.4 Å². The van der Waals surface area contributed by atoms with E-state index in [0.717, 1.165) is 59.5 Å². The molecule has 2 N–H and O–H groups in total. The summed E-state index contributed by atoms with van der Waals surface area (Å²) >= 11 is 0. The number of nitrogens with zero attached hydrogens (tertiary/aromatic N) is 3. The zero-order valence-corrected chi connectivity index (χ0v) is 23.1. The van der Waals surface area contributed by atoms with Crippen molar-refractivity contribution < 1.29 is 14.7 Å². The number of para-hydroxylation sites is 1. The molecule has 4 aromatic rings. The molecule has 206 valence electrons. The van der Waals surface area contributed by atoms with Gasteiger partial charge in [-0.3, -0.25) is 19.4 Å². The fourth-order valence-corrected chi connectivity index (χ4v) is 5.41. The predicted octanol–water partition coefficient (Wildman–Crippen LogP) is 5.23. The second kappa shape index (κ2) is 12.4. The van der Waals surface area contributed by atoms with Crippen LogP contribution in [0, 0.1) is 5.92 Å². The highest BCUT2D eigenvalue weighted by atomic mass is 16.4. The molecule has 0 radical (unpaired) electrons. The molecule has 2 heterocycles. The Morgan fingerprint density at radius 2 is 1.45 bits per heavy atom. The van der Waals surface area contributed by atoms with E-state index in [9.17, 15) is 14.7 Å². The third-order valence-corrected chi connectivity index (χ3v) is 7.71. The van der Waals surface area contributed by atoms with Crippen molar-refractivity contribution in [1.29, 1.82) is 0 Å². The van der Waals surface area contributed by atoms with Crippen LogP contribution in [0.3, 0.4) is 0 Å². The molecular formula is C33H36N4O3. The van der Waals surface area contributed by atoms with Crippen LogP contribution in [0.2, 0.25) is 0 Å². The van der Waals surface area contributed by atoms with Gasteiger partial charge in [0.05, 0.1) is 28.7 Å². The Morgan fingerprint density at radius 1 is 0.850 bits per heavy atom. The van der Waals surface area contributed by atoms with Gasteiger partial charge in [0.2, 0.25) is 0 Å². The van der Waals surface area contributed by atoms with Crippen LogP contribution in [-0.4, -0.2) is 64.5 Å². The van der Waals surface area contributed by atoms with E-state index in [1.165, 1.54) is 0 Å². The number of nitrogens with one attached hydrogen (secondary N) is 1. The van der Waals surface area contributed by atoms with E-state index in [2.05, 4.69) is 15.1 Å². The van der Waals surface area contributed by atoms with Crippen LogP contribution in [0.1, 0.15) is 41.4 Å². The summed E-state index contributed by atoms with van der Waals surface area (Å²) in [6.07, 6.45) is 0. The Balaban J connectivity index is 1.51. The van der Waals surface area contributed by atoms with Gasteiger partial charge in [-0.1, -0.05) is 85.8 Å². The number of piperazine rings is 1. The molecule has 7 nitrogen and oxygen atoms in total. The molecule has 5 rings (SSSR count). The number of carbonyl (C=O) groups is 2. The van der Waals surface area contributed by atoms with Gasteiger partial charge >= 0.3 is 5.97 Å². The molecule has 1 amide bonds. The minimum Gasteiger partial charge on any atom is -0.481 e. The van der Waals surface area contributed by atoms with Gasteiger partial charge in [-0.25, -0.2) is 4.98 Å². The SMILES string of the molecule is CC(CN1CCN(Cc2c(-c3ccccc3)nc3ccccc3c2C(=O)N[C@@H](C)c2ccccc2)CC1)C(=O)O. The van der Waals surface area contributed by atoms with E-state index < -0.39 is 11.9 Å². The molecule has 0 aliphatic carbocycles. The molecule has 3 aromatic carbocycles. The quantitative estimate of drug-likeness (QED) is 0.305. The van der Waals surface area contributed by atoms with E-state index in [-0.39, 0.29) is 11.9 Å². The van der Waals surface area contributed by atoms with Crippen molar-refractivity contribution in [2.45, 2.75) is 26.4 Å². The van der Waals surface area contributed by atoms with Gasteiger partial charge in [0.1, 0.15) is 0 Å². The summed E-state index contributed by atoms with van der Waals surface area (Å²) in [5, 5.41) is 13.4. The van der Waals surface area contributed by atoms with Gasteiger partial charge in [0, 0.05) is 55.8 Å². The second-order valence-electron chi connectivity index (χ2n) is 10.6. The molecule has 40 heavy (non-hydrogen) atoms. The number of amides is 1. The number of benzene rings is 3. The first-order valence-electron chi connectivity index (χ1n) is 13.9. The number of aromatic nitrogens is 1. The fraction of sp³-hybridized carbons (Fsp3) is 0.303. The third-order valence-electron chi connectivity index (χ3n) is 7.71. The van der Waals surface area contributed by atoms with Crippen molar-refractivity contribution in [2.75, 3.05) is 32.7 Å². The number of hydrogen-bond donors (Lipinski definition) is 2. The number of aliphatic carboxylic acids is 1. The van der Waals surface area contributed by atoms with Crippen molar-refractivity contribution >= 4 is 22.8 Å². The average Bonchev–Trinajstić information content (AvgIpc) is 2.98. The molecule has 1 aromatic heterocycles. The minimum absolute atomic E-state index is 0.115. The van der Waals surface area contributed by atoms with E-state index in [0.29, 0.717) is 18.7 Å². The third kappa shape index (κ3) is 6.22. The molecule has 7 heteroatoms. The van der Waals surface area contributed by atoms with E-state index in [1.54, 1.807) is 6.92 Å². The first-order chi connectivity index (χ1) is 19.4. The molecule has 1 aliphatic rings. The molecule has 0 bridgehead atoms. The minimum atomic E-state index is -0.766. The molecular weight excluding hydrogens is 500 g/mol. The Morgan fingerprint density at radius 3 is 2.12 bits per heavy atom. The van der Waals surface area contributed by atoms with Gasteiger partial charge in [-0.05, 0) is 18.6 Å². The molecule has 1 aliphatic heterocycles. The number of carboxylic acid groups (broad SMARTS) is 1. The molecule has 1 saturated heterocycles. The van der Waals surface area contributed by atoms with E-state index >= 15 is 0 Å².